The predicted octanol–water partition coefficient (Wildman–Crippen LogP) is 3.30. The largest absolute Gasteiger partial charge is 0.417 e. The van der Waals surface area contributed by atoms with Crippen LogP contribution in [-0.4, -0.2) is 125 Å². The Morgan fingerprint density at radius 3 is 2.27 bits per heavy atom. The maximum atomic E-state index is 14.1. The normalized spacial score (nSPS) is 20.6. The first kappa shape index (κ1) is 36.1. The van der Waals surface area contributed by atoms with Gasteiger partial charge in [-0.05, 0) is 63.7 Å². The highest BCUT2D eigenvalue weighted by atomic mass is 32.2. The van der Waals surface area contributed by atoms with Crippen molar-refractivity contribution < 1.29 is 36.3 Å². The van der Waals surface area contributed by atoms with Gasteiger partial charge in [0.2, 0.25) is 21.8 Å². The van der Waals surface area contributed by atoms with Crippen LogP contribution in [0.3, 0.4) is 0 Å². The minimum Gasteiger partial charge on any atom is -0.390 e. The number of aromatic nitrogens is 2. The van der Waals surface area contributed by atoms with Crippen molar-refractivity contribution in [2.24, 2.45) is 5.92 Å². The number of alkyl halides is 3. The molecule has 0 aliphatic carbocycles. The van der Waals surface area contributed by atoms with Crippen molar-refractivity contribution in [1.29, 1.82) is 0 Å². The molecular formula is C33H45F3N6O5S2. The fraction of sp³-hybridized carbons (Fsp3) is 0.667. The van der Waals surface area contributed by atoms with Crippen molar-refractivity contribution in [2.75, 3.05) is 64.4 Å². The van der Waals surface area contributed by atoms with E-state index in [1.165, 1.54) is 16.4 Å². The number of aliphatic hydroxyl groups is 1. The first-order valence-electron chi connectivity index (χ1n) is 17.1. The van der Waals surface area contributed by atoms with Gasteiger partial charge in [0.05, 0.1) is 35.9 Å². The molecule has 1 atom stereocenters. The number of benzene rings is 1. The van der Waals surface area contributed by atoms with Gasteiger partial charge in [0.15, 0.2) is 0 Å². The number of nitrogens with zero attached hydrogens (tertiary/aromatic N) is 6. The lowest BCUT2D eigenvalue weighted by atomic mass is 9.95. The van der Waals surface area contributed by atoms with Crippen LogP contribution < -0.4 is 0 Å². The lowest BCUT2D eigenvalue weighted by Gasteiger charge is -2.34. The number of hydrogen-bond acceptors (Lipinski definition) is 8. The molecule has 3 fully saturated rings. The molecule has 1 N–H and O–H groups in total. The number of β-amino-alcohol motifs (C(OH)–C–C–N with tert-alkyl or cyclic N) is 1. The highest BCUT2D eigenvalue weighted by Gasteiger charge is 2.36. The van der Waals surface area contributed by atoms with E-state index in [2.05, 4.69) is 4.90 Å². The summed E-state index contributed by atoms with van der Waals surface area (Å²) in [4.78, 5) is 31.2. The molecular weight excluding hydrogens is 682 g/mol. The molecule has 1 aromatic heterocycles. The third-order valence-electron chi connectivity index (χ3n) is 10.1. The molecule has 6 rings (SSSR count). The van der Waals surface area contributed by atoms with Crippen molar-refractivity contribution in [3.8, 4) is 11.3 Å². The third kappa shape index (κ3) is 8.46. The molecule has 3 saturated heterocycles. The number of fused-ring (bicyclic) bond motifs is 1. The number of aliphatic hydroxyl groups excluding tert-OH is 1. The number of likely N-dealkylation sites (tertiary alicyclic amines) is 3. The van der Waals surface area contributed by atoms with Gasteiger partial charge in [-0.2, -0.15) is 22.6 Å². The van der Waals surface area contributed by atoms with Crippen LogP contribution in [0.2, 0.25) is 0 Å². The summed E-state index contributed by atoms with van der Waals surface area (Å²) in [6, 6.07) is 3.72. The Labute approximate surface area is 289 Å². The van der Waals surface area contributed by atoms with E-state index in [-0.39, 0.29) is 48.0 Å². The summed E-state index contributed by atoms with van der Waals surface area (Å²) in [5.41, 5.74) is 1.23. The number of sulfonamides is 1. The molecule has 4 aliphatic heterocycles. The van der Waals surface area contributed by atoms with Crippen LogP contribution in [-0.2, 0) is 45.3 Å². The fourth-order valence-corrected chi connectivity index (χ4v) is 9.26. The molecule has 0 spiro atoms. The second-order valence-electron chi connectivity index (χ2n) is 13.6. The Bertz CT molecular complexity index is 1630. The molecule has 2 amide bonds. The Morgan fingerprint density at radius 2 is 1.63 bits per heavy atom. The molecule has 5 heterocycles. The molecule has 0 bridgehead atoms. The Hall–Kier alpha value is -2.66. The minimum atomic E-state index is -4.64. The van der Waals surface area contributed by atoms with E-state index < -0.39 is 27.9 Å². The number of carbonyl (C=O) groups is 2. The maximum Gasteiger partial charge on any atom is 0.417 e. The van der Waals surface area contributed by atoms with E-state index in [1.54, 1.807) is 9.58 Å². The smallest absolute Gasteiger partial charge is 0.390 e. The molecule has 1 aromatic carbocycles. The van der Waals surface area contributed by atoms with Gasteiger partial charge in [0, 0.05) is 79.9 Å². The van der Waals surface area contributed by atoms with E-state index in [1.807, 2.05) is 4.90 Å². The van der Waals surface area contributed by atoms with E-state index >= 15 is 0 Å². The van der Waals surface area contributed by atoms with Gasteiger partial charge < -0.3 is 19.8 Å². The summed E-state index contributed by atoms with van der Waals surface area (Å²) >= 11 is 0.844. The van der Waals surface area contributed by atoms with Gasteiger partial charge in [0.25, 0.3) is 0 Å². The zero-order valence-electron chi connectivity index (χ0n) is 27.8. The van der Waals surface area contributed by atoms with Crippen molar-refractivity contribution >= 4 is 33.6 Å². The average Bonchev–Trinajstić information content (AvgIpc) is 3.85. The van der Waals surface area contributed by atoms with E-state index in [0.29, 0.717) is 56.0 Å². The van der Waals surface area contributed by atoms with Gasteiger partial charge in [0.1, 0.15) is 0 Å². The van der Waals surface area contributed by atoms with Crippen molar-refractivity contribution in [3.63, 3.8) is 0 Å². The van der Waals surface area contributed by atoms with Crippen LogP contribution in [0.25, 0.3) is 11.3 Å². The lowest BCUT2D eigenvalue weighted by molar-refractivity contribution is -0.140. The topological polar surface area (TPSA) is 119 Å². The summed E-state index contributed by atoms with van der Waals surface area (Å²) in [6.45, 7) is 4.99. The van der Waals surface area contributed by atoms with Crippen LogP contribution in [0.1, 0.15) is 55.3 Å². The minimum absolute atomic E-state index is 0.00903. The van der Waals surface area contributed by atoms with Crippen molar-refractivity contribution in [3.05, 3.63) is 35.0 Å². The van der Waals surface area contributed by atoms with Gasteiger partial charge in [-0.25, -0.2) is 8.42 Å². The zero-order valence-corrected chi connectivity index (χ0v) is 29.5. The Morgan fingerprint density at radius 1 is 0.980 bits per heavy atom. The van der Waals surface area contributed by atoms with Crippen molar-refractivity contribution in [2.45, 2.75) is 75.2 Å². The third-order valence-corrected chi connectivity index (χ3v) is 12.4. The monoisotopic (exact) mass is 726 g/mol. The molecule has 2 aromatic rings. The van der Waals surface area contributed by atoms with Gasteiger partial charge >= 0.3 is 6.18 Å². The van der Waals surface area contributed by atoms with E-state index in [9.17, 15) is 36.3 Å². The summed E-state index contributed by atoms with van der Waals surface area (Å²) in [6.07, 6.45) is 1.36. The number of amides is 2. The predicted molar refractivity (Wildman–Crippen MR) is 179 cm³/mol. The first-order valence-corrected chi connectivity index (χ1v) is 20.0. The maximum absolute atomic E-state index is 14.1. The van der Waals surface area contributed by atoms with Gasteiger partial charge in [-0.1, -0.05) is 6.07 Å². The number of rotatable bonds is 10. The summed E-state index contributed by atoms with van der Waals surface area (Å²) < 4.78 is 70.3. The number of piperidine rings is 1. The van der Waals surface area contributed by atoms with E-state index in [0.717, 1.165) is 81.4 Å². The molecule has 49 heavy (non-hydrogen) atoms. The number of halogens is 3. The highest BCUT2D eigenvalue weighted by molar-refractivity contribution is 8.00. The number of hydrogen-bond donors (Lipinski definition) is 1. The SMILES string of the molecule is CS(=O)(=O)N1CCc2c(c(-c3ccc(C(F)(F)F)c(SCC(=O)N4CCCC4)c3)nn2CC(O)CN2CCC(C(=O)N3CCCC3)CC2)C1. The summed E-state index contributed by atoms with van der Waals surface area (Å²) in [5.74, 6) is -0.0888. The zero-order chi connectivity index (χ0) is 34.9. The van der Waals surface area contributed by atoms with Crippen LogP contribution in [0.4, 0.5) is 13.2 Å². The average molecular weight is 727 g/mol. The van der Waals surface area contributed by atoms with Gasteiger partial charge in [-0.3, -0.25) is 14.3 Å². The van der Waals surface area contributed by atoms with E-state index in [4.69, 9.17) is 5.10 Å². The molecule has 4 aliphatic rings. The quantitative estimate of drug-likeness (QED) is 0.371. The highest BCUT2D eigenvalue weighted by Crippen LogP contribution is 2.40. The standard InChI is InChI=1S/C33H45F3N6O5S2/c1-49(46,47)41-17-10-28-26(21-41)31(24-6-7-27(33(34,35)36)29(18-24)48-22-30(44)39-11-2-3-12-39)37-42(28)20-25(43)19-38-15-8-23(9-16-38)32(45)40-13-4-5-14-40/h6-7,18,23,25,43H,2-5,8-17,19-22H2,1H3. The molecule has 16 heteroatoms. The second-order valence-corrected chi connectivity index (χ2v) is 16.6. The van der Waals surface area contributed by atoms with Crippen molar-refractivity contribution in [1.82, 2.24) is 28.8 Å². The molecule has 1 unspecified atom stereocenters. The number of thioether (sulfide) groups is 1. The Kier molecular flexibility index (Phi) is 11.0. The van der Waals surface area contributed by atoms with Gasteiger partial charge in [-0.15, -0.1) is 11.8 Å². The Balaban J connectivity index is 1.21. The summed E-state index contributed by atoms with van der Waals surface area (Å²) in [7, 11) is -3.56. The van der Waals surface area contributed by atoms with Crippen LogP contribution >= 0.6 is 11.8 Å². The summed E-state index contributed by atoms with van der Waals surface area (Å²) in [5, 5.41) is 16.0. The first-order chi connectivity index (χ1) is 23.3. The fourth-order valence-electron chi connectivity index (χ4n) is 7.47. The van der Waals surface area contributed by atoms with Crippen LogP contribution in [0, 0.1) is 5.92 Å². The second kappa shape index (κ2) is 14.9. The molecule has 270 valence electrons. The van der Waals surface area contributed by atoms with Crippen LogP contribution in [0.5, 0.6) is 0 Å². The number of carbonyl (C=O) groups excluding carboxylic acids is 2. The van der Waals surface area contributed by atoms with Crippen LogP contribution in [0.15, 0.2) is 23.1 Å². The molecule has 11 nitrogen and oxygen atoms in total. The molecule has 0 radical (unpaired) electrons. The lowest BCUT2D eigenvalue weighted by Crippen LogP contribution is -2.44. The molecule has 0 saturated carbocycles.